The highest BCUT2D eigenvalue weighted by Gasteiger charge is 2.18. The van der Waals surface area contributed by atoms with Gasteiger partial charge in [0, 0.05) is 23.6 Å². The third kappa shape index (κ3) is 3.95. The third-order valence-electron chi connectivity index (χ3n) is 3.15. The van der Waals surface area contributed by atoms with Gasteiger partial charge in [-0.3, -0.25) is 9.59 Å². The van der Waals surface area contributed by atoms with Crippen LogP contribution >= 0.6 is 22.9 Å². The molecule has 2 aromatic rings. The van der Waals surface area contributed by atoms with Gasteiger partial charge in [0.25, 0.3) is 5.91 Å². The normalized spacial score (nSPS) is 13.0. The molecule has 9 heteroatoms. The van der Waals surface area contributed by atoms with Crippen LogP contribution in [-0.4, -0.2) is 36.6 Å². The van der Waals surface area contributed by atoms with Crippen LogP contribution < -0.4 is 20.1 Å². The molecule has 0 saturated heterocycles. The molecule has 1 aromatic heterocycles. The van der Waals surface area contributed by atoms with E-state index in [1.807, 2.05) is 0 Å². The number of halogens is 1. The Morgan fingerprint density at radius 1 is 1.29 bits per heavy atom. The summed E-state index contributed by atoms with van der Waals surface area (Å²) in [5, 5.41) is 7.63. The first-order valence-corrected chi connectivity index (χ1v) is 8.46. The first-order valence-electron chi connectivity index (χ1n) is 7.20. The van der Waals surface area contributed by atoms with E-state index in [1.54, 1.807) is 17.6 Å². The summed E-state index contributed by atoms with van der Waals surface area (Å²) in [7, 11) is 0. The van der Waals surface area contributed by atoms with Gasteiger partial charge in [-0.05, 0) is 12.1 Å². The highest BCUT2D eigenvalue weighted by atomic mass is 35.5. The van der Waals surface area contributed by atoms with Crippen molar-refractivity contribution in [1.82, 2.24) is 10.3 Å². The third-order valence-corrected chi connectivity index (χ3v) is 4.12. The van der Waals surface area contributed by atoms with Crippen LogP contribution in [0.4, 0.5) is 5.13 Å². The van der Waals surface area contributed by atoms with Gasteiger partial charge in [0.15, 0.2) is 16.6 Å². The number of hydrogen-bond acceptors (Lipinski definition) is 6. The Morgan fingerprint density at radius 2 is 2.12 bits per heavy atom. The number of ether oxygens (including phenoxy) is 2. The highest BCUT2D eigenvalue weighted by Crippen LogP contribution is 2.37. The predicted molar refractivity (Wildman–Crippen MR) is 90.1 cm³/mol. The highest BCUT2D eigenvalue weighted by molar-refractivity contribution is 7.13. The molecule has 0 saturated carbocycles. The summed E-state index contributed by atoms with van der Waals surface area (Å²) in [6, 6.07) is 3.05. The fourth-order valence-corrected chi connectivity index (χ4v) is 2.88. The molecule has 0 fully saturated rings. The number of thiazole rings is 1. The molecule has 0 bridgehead atoms. The Morgan fingerprint density at radius 3 is 2.92 bits per heavy atom. The van der Waals surface area contributed by atoms with Crippen LogP contribution in [0.15, 0.2) is 23.7 Å². The Hall–Kier alpha value is -2.32. The van der Waals surface area contributed by atoms with Crippen molar-refractivity contribution in [3.63, 3.8) is 0 Å². The molecule has 3 rings (SSSR count). The molecule has 7 nitrogen and oxygen atoms in total. The zero-order chi connectivity index (χ0) is 16.9. The van der Waals surface area contributed by atoms with Crippen molar-refractivity contribution in [2.45, 2.75) is 6.42 Å². The lowest BCUT2D eigenvalue weighted by Gasteiger charge is -2.11. The molecule has 2 amide bonds. The van der Waals surface area contributed by atoms with Crippen molar-refractivity contribution in [3.05, 3.63) is 34.3 Å². The molecule has 24 heavy (non-hydrogen) atoms. The van der Waals surface area contributed by atoms with E-state index in [4.69, 9.17) is 21.1 Å². The van der Waals surface area contributed by atoms with Crippen LogP contribution in [0.25, 0.3) is 0 Å². The van der Waals surface area contributed by atoms with Crippen molar-refractivity contribution < 1.29 is 19.1 Å². The van der Waals surface area contributed by atoms with Gasteiger partial charge in [-0.25, -0.2) is 4.98 Å². The number of carbonyl (C=O) groups is 2. The summed E-state index contributed by atoms with van der Waals surface area (Å²) in [6.07, 6.45) is 2.32. The molecule has 0 spiro atoms. The second kappa shape index (κ2) is 7.50. The lowest BCUT2D eigenvalue weighted by molar-refractivity contribution is -0.115. The van der Waals surface area contributed by atoms with Crippen molar-refractivity contribution >= 4 is 39.9 Å². The zero-order valence-electron chi connectivity index (χ0n) is 12.5. The van der Waals surface area contributed by atoms with Crippen LogP contribution in [-0.2, 0) is 4.79 Å². The molecule has 126 valence electrons. The fraction of sp³-hybridized carbons (Fsp3) is 0.267. The minimum absolute atomic E-state index is 0.176. The van der Waals surface area contributed by atoms with Gasteiger partial charge in [0.1, 0.15) is 0 Å². The molecule has 0 atom stereocenters. The van der Waals surface area contributed by atoms with E-state index in [0.717, 1.165) is 6.42 Å². The second-order valence-corrected chi connectivity index (χ2v) is 6.21. The molecule has 0 aliphatic carbocycles. The number of fused-ring (bicyclic) bond motifs is 1. The van der Waals surface area contributed by atoms with Crippen LogP contribution in [0.1, 0.15) is 16.8 Å². The van der Waals surface area contributed by atoms with Gasteiger partial charge in [-0.2, -0.15) is 0 Å². The molecule has 1 aliphatic rings. The maximum Gasteiger partial charge on any atom is 0.251 e. The Balaban J connectivity index is 1.63. The molecule has 1 aliphatic heterocycles. The topological polar surface area (TPSA) is 89.6 Å². The maximum atomic E-state index is 12.2. The summed E-state index contributed by atoms with van der Waals surface area (Å²) >= 11 is 7.45. The monoisotopic (exact) mass is 367 g/mol. The predicted octanol–water partition coefficient (Wildman–Crippen LogP) is 2.33. The molecule has 2 heterocycles. The van der Waals surface area contributed by atoms with Crippen molar-refractivity contribution in [1.29, 1.82) is 0 Å². The van der Waals surface area contributed by atoms with Crippen LogP contribution in [0.2, 0.25) is 5.02 Å². The van der Waals surface area contributed by atoms with Gasteiger partial charge in [0.05, 0.1) is 24.8 Å². The zero-order valence-corrected chi connectivity index (χ0v) is 14.1. The number of nitrogens with one attached hydrogen (secondary N) is 2. The Labute approximate surface area is 146 Å². The standard InChI is InChI=1S/C15H14ClN3O4S/c16-10-6-9(7-11-13(10)23-4-1-3-22-11)14(21)18-8-12(20)19-15-17-2-5-24-15/h2,5-7H,1,3-4,8H2,(H,18,21)(H,17,19,20). The largest absolute Gasteiger partial charge is 0.489 e. The lowest BCUT2D eigenvalue weighted by Crippen LogP contribution is -2.32. The minimum atomic E-state index is -0.429. The van der Waals surface area contributed by atoms with Gasteiger partial charge in [0.2, 0.25) is 5.91 Å². The van der Waals surface area contributed by atoms with Gasteiger partial charge in [-0.1, -0.05) is 11.6 Å². The van der Waals surface area contributed by atoms with E-state index < -0.39 is 5.91 Å². The summed E-state index contributed by atoms with van der Waals surface area (Å²) in [5.41, 5.74) is 0.297. The quantitative estimate of drug-likeness (QED) is 0.865. The van der Waals surface area contributed by atoms with Gasteiger partial charge >= 0.3 is 0 Å². The molecule has 2 N–H and O–H groups in total. The molecular formula is C15H14ClN3O4S. The Bertz CT molecular complexity index is 751. The average molecular weight is 368 g/mol. The van der Waals surface area contributed by atoms with E-state index in [-0.39, 0.29) is 12.5 Å². The molecule has 0 unspecified atom stereocenters. The second-order valence-electron chi connectivity index (χ2n) is 4.90. The van der Waals surface area contributed by atoms with Crippen LogP contribution in [0, 0.1) is 0 Å². The number of rotatable bonds is 4. The Kier molecular flexibility index (Phi) is 5.17. The van der Waals surface area contributed by atoms with Crippen molar-refractivity contribution in [2.75, 3.05) is 25.1 Å². The average Bonchev–Trinajstić information content (AvgIpc) is 2.94. The van der Waals surface area contributed by atoms with E-state index >= 15 is 0 Å². The molecular weight excluding hydrogens is 354 g/mol. The first-order chi connectivity index (χ1) is 11.6. The molecule has 0 radical (unpaired) electrons. The minimum Gasteiger partial charge on any atom is -0.489 e. The summed E-state index contributed by atoms with van der Waals surface area (Å²) in [6.45, 7) is 0.824. The number of benzene rings is 1. The number of aromatic nitrogens is 1. The van der Waals surface area contributed by atoms with E-state index in [9.17, 15) is 9.59 Å². The van der Waals surface area contributed by atoms with Crippen molar-refractivity contribution in [3.8, 4) is 11.5 Å². The van der Waals surface area contributed by atoms with Crippen LogP contribution in [0.5, 0.6) is 11.5 Å². The van der Waals surface area contributed by atoms with E-state index in [0.29, 0.717) is 40.4 Å². The SMILES string of the molecule is O=C(CNC(=O)c1cc(Cl)c2c(c1)OCCCO2)Nc1nccs1. The summed E-state index contributed by atoms with van der Waals surface area (Å²) in [4.78, 5) is 27.9. The van der Waals surface area contributed by atoms with Crippen LogP contribution in [0.3, 0.4) is 0 Å². The van der Waals surface area contributed by atoms with Crippen molar-refractivity contribution in [2.24, 2.45) is 0 Å². The van der Waals surface area contributed by atoms with E-state index in [2.05, 4.69) is 15.6 Å². The summed E-state index contributed by atoms with van der Waals surface area (Å²) < 4.78 is 11.1. The number of carbonyl (C=O) groups excluding carboxylic acids is 2. The fourth-order valence-electron chi connectivity index (χ4n) is 2.07. The molecule has 1 aromatic carbocycles. The first kappa shape index (κ1) is 16.5. The van der Waals surface area contributed by atoms with Gasteiger partial charge < -0.3 is 20.1 Å². The smallest absolute Gasteiger partial charge is 0.251 e. The number of amides is 2. The summed E-state index contributed by atoms with van der Waals surface area (Å²) in [5.74, 6) is 0.0743. The maximum absolute atomic E-state index is 12.2. The lowest BCUT2D eigenvalue weighted by atomic mass is 10.2. The number of nitrogens with zero attached hydrogens (tertiary/aromatic N) is 1. The van der Waals surface area contributed by atoms with E-state index in [1.165, 1.54) is 17.4 Å². The number of hydrogen-bond donors (Lipinski definition) is 2. The van der Waals surface area contributed by atoms with Gasteiger partial charge in [-0.15, -0.1) is 11.3 Å². The number of anilines is 1.